The molecule has 0 bridgehead atoms. The molecule has 3 heteroatoms. The summed E-state index contributed by atoms with van der Waals surface area (Å²) in [6.45, 7) is 7.80. The standard InChI is InChI=1S/C11H24O3/c1-5-9(6-2)10(7-3,8-4)11(12,13)14/h9,12-14H,5-8H2,1-4H3. The third kappa shape index (κ3) is 2.27. The molecule has 0 aliphatic heterocycles. The molecule has 0 fully saturated rings. The molecule has 86 valence electrons. The van der Waals surface area contributed by atoms with E-state index in [1.165, 1.54) is 0 Å². The Hall–Kier alpha value is -0.120. The van der Waals surface area contributed by atoms with Gasteiger partial charge in [-0.1, -0.05) is 40.5 Å². The van der Waals surface area contributed by atoms with Crippen molar-refractivity contribution in [2.45, 2.75) is 59.4 Å². The average Bonchev–Trinajstić information content (AvgIpc) is 2.12. The molecule has 3 N–H and O–H groups in total. The molecule has 0 aromatic carbocycles. The molecule has 0 aliphatic rings. The van der Waals surface area contributed by atoms with Gasteiger partial charge < -0.3 is 15.3 Å². The zero-order valence-electron chi connectivity index (χ0n) is 9.75. The van der Waals surface area contributed by atoms with Gasteiger partial charge in [-0.25, -0.2) is 0 Å². The van der Waals surface area contributed by atoms with Crippen LogP contribution in [0.2, 0.25) is 0 Å². The molecule has 14 heavy (non-hydrogen) atoms. The zero-order valence-corrected chi connectivity index (χ0v) is 9.75. The Labute approximate surface area is 86.8 Å². The highest BCUT2D eigenvalue weighted by Gasteiger charge is 2.50. The van der Waals surface area contributed by atoms with Gasteiger partial charge in [-0.3, -0.25) is 0 Å². The first-order valence-corrected chi connectivity index (χ1v) is 5.56. The first kappa shape index (κ1) is 13.9. The Morgan fingerprint density at radius 3 is 1.29 bits per heavy atom. The van der Waals surface area contributed by atoms with E-state index in [0.717, 1.165) is 12.8 Å². The molecule has 3 nitrogen and oxygen atoms in total. The van der Waals surface area contributed by atoms with E-state index < -0.39 is 11.4 Å². The molecule has 0 rings (SSSR count). The van der Waals surface area contributed by atoms with E-state index in [2.05, 4.69) is 0 Å². The number of rotatable bonds is 6. The quantitative estimate of drug-likeness (QED) is 0.579. The van der Waals surface area contributed by atoms with Gasteiger partial charge in [0, 0.05) is 0 Å². The second-order valence-corrected chi connectivity index (χ2v) is 4.01. The summed E-state index contributed by atoms with van der Waals surface area (Å²) in [6.07, 6.45) is 2.84. The maximum atomic E-state index is 9.47. The highest BCUT2D eigenvalue weighted by atomic mass is 16.7. The van der Waals surface area contributed by atoms with Gasteiger partial charge in [-0.05, 0) is 18.8 Å². The minimum atomic E-state index is -2.56. The molecule has 0 saturated heterocycles. The van der Waals surface area contributed by atoms with Crippen molar-refractivity contribution in [3.63, 3.8) is 0 Å². The maximum absolute atomic E-state index is 9.47. The summed E-state index contributed by atoms with van der Waals surface area (Å²) in [6, 6.07) is 0. The monoisotopic (exact) mass is 204 g/mol. The first-order chi connectivity index (χ1) is 6.39. The predicted molar refractivity (Wildman–Crippen MR) is 56.5 cm³/mol. The minimum Gasteiger partial charge on any atom is -0.343 e. The fourth-order valence-electron chi connectivity index (χ4n) is 2.65. The van der Waals surface area contributed by atoms with Crippen LogP contribution < -0.4 is 0 Å². The molecule has 0 radical (unpaired) electrons. The van der Waals surface area contributed by atoms with Crippen molar-refractivity contribution in [3.8, 4) is 0 Å². The van der Waals surface area contributed by atoms with Gasteiger partial charge in [0.25, 0.3) is 5.97 Å². The lowest BCUT2D eigenvalue weighted by molar-refractivity contribution is -0.387. The van der Waals surface area contributed by atoms with Crippen molar-refractivity contribution < 1.29 is 15.3 Å². The van der Waals surface area contributed by atoms with E-state index in [4.69, 9.17) is 0 Å². The fourth-order valence-corrected chi connectivity index (χ4v) is 2.65. The Morgan fingerprint density at radius 1 is 0.857 bits per heavy atom. The summed E-state index contributed by atoms with van der Waals surface area (Å²) in [5.74, 6) is -2.43. The van der Waals surface area contributed by atoms with Crippen LogP contribution in [0.4, 0.5) is 0 Å². The van der Waals surface area contributed by atoms with Gasteiger partial charge in [0.05, 0.1) is 5.41 Å². The Kier molecular flexibility index (Phi) is 5.06. The van der Waals surface area contributed by atoms with Crippen LogP contribution in [-0.2, 0) is 0 Å². The summed E-state index contributed by atoms with van der Waals surface area (Å²) < 4.78 is 0. The Balaban J connectivity index is 5.05. The molecule has 0 atom stereocenters. The number of aliphatic hydroxyl groups is 3. The molecule has 0 aliphatic carbocycles. The van der Waals surface area contributed by atoms with Gasteiger partial charge in [-0.2, -0.15) is 0 Å². The van der Waals surface area contributed by atoms with Gasteiger partial charge in [0.15, 0.2) is 0 Å². The van der Waals surface area contributed by atoms with E-state index in [9.17, 15) is 15.3 Å². The second-order valence-electron chi connectivity index (χ2n) is 4.01. The number of hydrogen-bond donors (Lipinski definition) is 3. The third-order valence-electron chi connectivity index (χ3n) is 3.70. The highest BCUT2D eigenvalue weighted by molar-refractivity contribution is 4.88. The predicted octanol–water partition coefficient (Wildman–Crippen LogP) is 1.86. The van der Waals surface area contributed by atoms with E-state index in [-0.39, 0.29) is 5.92 Å². The molecule has 0 aromatic rings. The average molecular weight is 204 g/mol. The van der Waals surface area contributed by atoms with Crippen LogP contribution in [-0.4, -0.2) is 21.3 Å². The van der Waals surface area contributed by atoms with Gasteiger partial charge in [0.2, 0.25) is 0 Å². The lowest BCUT2D eigenvalue weighted by Gasteiger charge is -2.44. The fraction of sp³-hybridized carbons (Fsp3) is 1.00. The topological polar surface area (TPSA) is 60.7 Å². The summed E-state index contributed by atoms with van der Waals surface area (Å²) >= 11 is 0. The van der Waals surface area contributed by atoms with E-state index >= 15 is 0 Å². The van der Waals surface area contributed by atoms with Gasteiger partial charge in [0.1, 0.15) is 0 Å². The molecule has 0 spiro atoms. The van der Waals surface area contributed by atoms with Crippen molar-refractivity contribution >= 4 is 0 Å². The molecule has 0 unspecified atom stereocenters. The Bertz CT molecular complexity index is 152. The second kappa shape index (κ2) is 5.10. The summed E-state index contributed by atoms with van der Waals surface area (Å²) in [5.41, 5.74) is -0.795. The molecule has 0 heterocycles. The summed E-state index contributed by atoms with van der Waals surface area (Å²) in [5, 5.41) is 28.4. The zero-order chi connectivity index (χ0) is 11.4. The third-order valence-corrected chi connectivity index (χ3v) is 3.70. The number of hydrogen-bond acceptors (Lipinski definition) is 3. The van der Waals surface area contributed by atoms with E-state index in [1.807, 2.05) is 27.7 Å². The Morgan fingerprint density at radius 2 is 1.21 bits per heavy atom. The van der Waals surface area contributed by atoms with E-state index in [0.29, 0.717) is 12.8 Å². The van der Waals surface area contributed by atoms with Crippen LogP contribution in [0.25, 0.3) is 0 Å². The van der Waals surface area contributed by atoms with Crippen molar-refractivity contribution in [1.82, 2.24) is 0 Å². The normalized spacial score (nSPS) is 13.7. The van der Waals surface area contributed by atoms with Gasteiger partial charge in [-0.15, -0.1) is 0 Å². The SMILES string of the molecule is CCC(CC)C(CC)(CC)C(O)(O)O. The van der Waals surface area contributed by atoms with Crippen molar-refractivity contribution in [2.24, 2.45) is 11.3 Å². The highest BCUT2D eigenvalue weighted by Crippen LogP contribution is 2.45. The van der Waals surface area contributed by atoms with Crippen LogP contribution in [0.1, 0.15) is 53.4 Å². The van der Waals surface area contributed by atoms with Gasteiger partial charge >= 0.3 is 0 Å². The molecule has 0 amide bonds. The molecule has 0 aromatic heterocycles. The summed E-state index contributed by atoms with van der Waals surface area (Å²) in [7, 11) is 0. The largest absolute Gasteiger partial charge is 0.343 e. The van der Waals surface area contributed by atoms with Crippen LogP contribution >= 0.6 is 0 Å². The first-order valence-electron chi connectivity index (χ1n) is 5.56. The van der Waals surface area contributed by atoms with Crippen LogP contribution in [0.15, 0.2) is 0 Å². The summed E-state index contributed by atoms with van der Waals surface area (Å²) in [4.78, 5) is 0. The van der Waals surface area contributed by atoms with Crippen LogP contribution in [0.5, 0.6) is 0 Å². The van der Waals surface area contributed by atoms with Crippen LogP contribution in [0.3, 0.4) is 0 Å². The van der Waals surface area contributed by atoms with E-state index in [1.54, 1.807) is 0 Å². The van der Waals surface area contributed by atoms with Crippen molar-refractivity contribution in [1.29, 1.82) is 0 Å². The lowest BCUT2D eigenvalue weighted by atomic mass is 9.67. The smallest absolute Gasteiger partial charge is 0.281 e. The molecule has 0 saturated carbocycles. The van der Waals surface area contributed by atoms with Crippen LogP contribution in [0, 0.1) is 11.3 Å². The maximum Gasteiger partial charge on any atom is 0.281 e. The van der Waals surface area contributed by atoms with Crippen molar-refractivity contribution in [3.05, 3.63) is 0 Å². The van der Waals surface area contributed by atoms with Crippen molar-refractivity contribution in [2.75, 3.05) is 0 Å². The molecular weight excluding hydrogens is 180 g/mol. The minimum absolute atomic E-state index is 0.137. The lowest BCUT2D eigenvalue weighted by Crippen LogP contribution is -2.52. The molecular formula is C11H24O3.